The van der Waals surface area contributed by atoms with Gasteiger partial charge in [0.25, 0.3) is 5.91 Å². The van der Waals surface area contributed by atoms with Gasteiger partial charge in [0, 0.05) is 16.4 Å². The number of amides is 1. The second-order valence-corrected chi connectivity index (χ2v) is 11.0. The number of benzene rings is 1. The quantitative estimate of drug-likeness (QED) is 0.789. The van der Waals surface area contributed by atoms with Crippen molar-refractivity contribution in [2.75, 3.05) is 16.4 Å². The third kappa shape index (κ3) is 3.62. The van der Waals surface area contributed by atoms with Gasteiger partial charge in [-0.1, -0.05) is 57.7 Å². The van der Waals surface area contributed by atoms with Gasteiger partial charge in [0.1, 0.15) is 0 Å². The highest BCUT2D eigenvalue weighted by atomic mass is 32.2. The molecule has 0 aromatic heterocycles. The zero-order valence-electron chi connectivity index (χ0n) is 15.0. The lowest BCUT2D eigenvalue weighted by atomic mass is 9.96. The molecule has 1 aromatic carbocycles. The Kier molecular flexibility index (Phi) is 4.75. The number of hydrogen-bond acceptors (Lipinski definition) is 4. The summed E-state index contributed by atoms with van der Waals surface area (Å²) in [4.78, 5) is 18.8. The SMILES string of the molecule is CCc1ccccc1N1C(=NC(=O)C(C)(C)C)S[C@H]2CS(=O)(=O)C[C@H]21. The standard InChI is InChI=1S/C18H24N2O3S2/c1-5-12-8-6-7-9-13(12)20-14-10-25(22,23)11-15(14)24-17(20)19-16(21)18(2,3)4/h6-9,14-15H,5,10-11H2,1-4H3/t14-,15+/m1/s1. The molecule has 0 aliphatic carbocycles. The zero-order chi connectivity index (χ0) is 18.4. The van der Waals surface area contributed by atoms with Crippen LogP contribution in [0.1, 0.15) is 33.3 Å². The van der Waals surface area contributed by atoms with Gasteiger partial charge in [0.15, 0.2) is 15.0 Å². The third-order valence-corrected chi connectivity index (χ3v) is 7.75. The van der Waals surface area contributed by atoms with E-state index in [9.17, 15) is 13.2 Å². The van der Waals surface area contributed by atoms with E-state index in [1.54, 1.807) is 0 Å². The van der Waals surface area contributed by atoms with Crippen LogP contribution in [0.3, 0.4) is 0 Å². The normalized spacial score (nSPS) is 26.9. The molecule has 0 saturated carbocycles. The predicted molar refractivity (Wildman–Crippen MR) is 104 cm³/mol. The summed E-state index contributed by atoms with van der Waals surface area (Å²) in [6.07, 6.45) is 0.835. The molecule has 25 heavy (non-hydrogen) atoms. The summed E-state index contributed by atoms with van der Waals surface area (Å²) in [5.41, 5.74) is 1.53. The minimum absolute atomic E-state index is 0.0681. The van der Waals surface area contributed by atoms with Crippen LogP contribution in [0.25, 0.3) is 0 Å². The molecule has 0 spiro atoms. The molecular weight excluding hydrogens is 356 g/mol. The summed E-state index contributed by atoms with van der Waals surface area (Å²) in [7, 11) is -3.05. The number of carbonyl (C=O) groups is 1. The lowest BCUT2D eigenvalue weighted by Crippen LogP contribution is -2.38. The molecule has 2 fully saturated rings. The highest BCUT2D eigenvalue weighted by Crippen LogP contribution is 2.42. The number of sulfone groups is 1. The first kappa shape index (κ1) is 18.5. The minimum atomic E-state index is -3.05. The molecule has 5 nitrogen and oxygen atoms in total. The van der Waals surface area contributed by atoms with E-state index >= 15 is 0 Å². The van der Waals surface area contributed by atoms with Crippen LogP contribution in [0.2, 0.25) is 0 Å². The molecule has 0 N–H and O–H groups in total. The summed E-state index contributed by atoms with van der Waals surface area (Å²) in [6.45, 7) is 7.60. The number of rotatable bonds is 2. The number of carbonyl (C=O) groups excluding carboxylic acids is 1. The molecule has 2 heterocycles. The van der Waals surface area contributed by atoms with Crippen LogP contribution in [-0.4, -0.2) is 42.3 Å². The zero-order valence-corrected chi connectivity index (χ0v) is 16.7. The lowest BCUT2D eigenvalue weighted by Gasteiger charge is -2.27. The molecular formula is C18H24N2O3S2. The van der Waals surface area contributed by atoms with Gasteiger partial charge in [0.05, 0.1) is 17.5 Å². The van der Waals surface area contributed by atoms with Crippen LogP contribution < -0.4 is 4.90 Å². The first-order chi connectivity index (χ1) is 11.6. The molecule has 3 rings (SSSR count). The second kappa shape index (κ2) is 6.43. The Bertz CT molecular complexity index is 825. The molecule has 1 amide bonds. The highest BCUT2D eigenvalue weighted by molar-refractivity contribution is 8.16. The van der Waals surface area contributed by atoms with Crippen molar-refractivity contribution in [3.63, 3.8) is 0 Å². The maximum absolute atomic E-state index is 12.5. The van der Waals surface area contributed by atoms with Crippen LogP contribution in [0.5, 0.6) is 0 Å². The Hall–Kier alpha value is -1.34. The van der Waals surface area contributed by atoms with Gasteiger partial charge in [-0.25, -0.2) is 8.42 Å². The van der Waals surface area contributed by atoms with Crippen molar-refractivity contribution in [3.8, 4) is 0 Å². The van der Waals surface area contributed by atoms with E-state index in [2.05, 4.69) is 11.9 Å². The molecule has 7 heteroatoms. The Morgan fingerprint density at radius 2 is 1.96 bits per heavy atom. The van der Waals surface area contributed by atoms with Crippen LogP contribution in [-0.2, 0) is 21.1 Å². The van der Waals surface area contributed by atoms with Crippen LogP contribution >= 0.6 is 11.8 Å². The fourth-order valence-electron chi connectivity index (χ4n) is 3.15. The molecule has 0 radical (unpaired) electrons. The number of nitrogens with zero attached hydrogens (tertiary/aromatic N) is 2. The Balaban J connectivity index is 2.07. The maximum atomic E-state index is 12.5. The van der Waals surface area contributed by atoms with Crippen molar-refractivity contribution >= 4 is 38.4 Å². The van der Waals surface area contributed by atoms with Crippen molar-refractivity contribution in [2.45, 2.75) is 45.4 Å². The van der Waals surface area contributed by atoms with E-state index in [4.69, 9.17) is 0 Å². The summed E-state index contributed by atoms with van der Waals surface area (Å²) < 4.78 is 24.2. The smallest absolute Gasteiger partial charge is 0.253 e. The molecule has 1 aromatic rings. The molecule has 2 atom stereocenters. The van der Waals surface area contributed by atoms with E-state index in [1.165, 1.54) is 11.8 Å². The van der Waals surface area contributed by atoms with Crippen molar-refractivity contribution in [2.24, 2.45) is 10.4 Å². The van der Waals surface area contributed by atoms with Crippen molar-refractivity contribution in [1.82, 2.24) is 0 Å². The largest absolute Gasteiger partial charge is 0.315 e. The first-order valence-electron chi connectivity index (χ1n) is 8.50. The summed E-state index contributed by atoms with van der Waals surface area (Å²) in [5.74, 6) is 0.0817. The van der Waals surface area contributed by atoms with E-state index in [1.807, 2.05) is 49.9 Å². The van der Waals surface area contributed by atoms with E-state index in [0.29, 0.717) is 5.17 Å². The number of anilines is 1. The maximum Gasteiger partial charge on any atom is 0.253 e. The van der Waals surface area contributed by atoms with Crippen molar-refractivity contribution in [1.29, 1.82) is 0 Å². The number of aliphatic imine (C=N–C) groups is 1. The molecule has 0 unspecified atom stereocenters. The van der Waals surface area contributed by atoms with Gasteiger partial charge in [-0.15, -0.1) is 0 Å². The fraction of sp³-hybridized carbons (Fsp3) is 0.556. The molecule has 2 saturated heterocycles. The molecule has 136 valence electrons. The van der Waals surface area contributed by atoms with Gasteiger partial charge in [-0.05, 0) is 18.1 Å². The summed E-state index contributed by atoms with van der Waals surface area (Å²) >= 11 is 1.43. The molecule has 2 aliphatic rings. The number of thioether (sulfide) groups is 1. The molecule has 2 aliphatic heterocycles. The average Bonchev–Trinajstić information content (AvgIpc) is 2.97. The average molecular weight is 381 g/mol. The molecule has 0 bridgehead atoms. The van der Waals surface area contributed by atoms with Crippen molar-refractivity contribution < 1.29 is 13.2 Å². The Labute approximate surface area is 153 Å². The monoisotopic (exact) mass is 380 g/mol. The number of hydrogen-bond donors (Lipinski definition) is 0. The topological polar surface area (TPSA) is 66.8 Å². The Morgan fingerprint density at radius 3 is 2.60 bits per heavy atom. The minimum Gasteiger partial charge on any atom is -0.315 e. The van der Waals surface area contributed by atoms with Crippen LogP contribution in [0.4, 0.5) is 5.69 Å². The number of amidine groups is 1. The van der Waals surface area contributed by atoms with Gasteiger partial charge in [-0.2, -0.15) is 4.99 Å². The van der Waals surface area contributed by atoms with Crippen LogP contribution in [0, 0.1) is 5.41 Å². The number of para-hydroxylation sites is 1. The number of aryl methyl sites for hydroxylation is 1. The fourth-order valence-corrected chi connectivity index (χ4v) is 7.05. The predicted octanol–water partition coefficient (Wildman–Crippen LogP) is 2.90. The van der Waals surface area contributed by atoms with E-state index in [-0.39, 0.29) is 28.7 Å². The van der Waals surface area contributed by atoms with E-state index in [0.717, 1.165) is 17.7 Å². The van der Waals surface area contributed by atoms with Gasteiger partial charge in [0.2, 0.25) is 0 Å². The summed E-state index contributed by atoms with van der Waals surface area (Å²) in [5, 5.41) is 0.562. The second-order valence-electron chi connectivity index (χ2n) is 7.60. The third-order valence-electron chi connectivity index (χ3n) is 4.54. The van der Waals surface area contributed by atoms with Gasteiger partial charge < -0.3 is 4.90 Å². The van der Waals surface area contributed by atoms with Gasteiger partial charge in [-0.3, -0.25) is 4.79 Å². The first-order valence-corrected chi connectivity index (χ1v) is 11.2. The van der Waals surface area contributed by atoms with Crippen LogP contribution in [0.15, 0.2) is 29.3 Å². The van der Waals surface area contributed by atoms with E-state index < -0.39 is 15.3 Å². The van der Waals surface area contributed by atoms with Gasteiger partial charge >= 0.3 is 0 Å². The summed E-state index contributed by atoms with van der Waals surface area (Å²) in [6, 6.07) is 7.79. The Morgan fingerprint density at radius 1 is 1.28 bits per heavy atom. The van der Waals surface area contributed by atoms with Crippen molar-refractivity contribution in [3.05, 3.63) is 29.8 Å². The number of fused-ring (bicyclic) bond motifs is 1. The lowest BCUT2D eigenvalue weighted by molar-refractivity contribution is -0.124. The highest BCUT2D eigenvalue weighted by Gasteiger charge is 2.49.